The summed E-state index contributed by atoms with van der Waals surface area (Å²) in [6.45, 7) is 3.36. The smallest absolute Gasteiger partial charge is 0.254 e. The lowest BCUT2D eigenvalue weighted by atomic mass is 9.94. The van der Waals surface area contributed by atoms with Crippen LogP contribution in [0.1, 0.15) is 35.0 Å². The third-order valence-corrected chi connectivity index (χ3v) is 5.35. The normalized spacial score (nSPS) is 15.9. The summed E-state index contributed by atoms with van der Waals surface area (Å²) in [5, 5.41) is 11.3. The molecule has 0 radical (unpaired) electrons. The minimum absolute atomic E-state index is 0.0343. The minimum Gasteiger partial charge on any atom is -0.356 e. The molecular weight excluding hydrogens is 387 g/mol. The Morgan fingerprint density at radius 2 is 2.11 bits per heavy atom. The van der Waals surface area contributed by atoms with E-state index in [1.807, 2.05) is 10.7 Å². The second kappa shape index (κ2) is 8.76. The van der Waals surface area contributed by atoms with Crippen LogP contribution in [0.15, 0.2) is 24.4 Å². The maximum atomic E-state index is 12.6. The maximum Gasteiger partial charge on any atom is 0.254 e. The highest BCUT2D eigenvalue weighted by molar-refractivity contribution is 6.35. The first-order valence-corrected chi connectivity index (χ1v) is 9.71. The number of carbonyl (C=O) groups is 2. The van der Waals surface area contributed by atoms with Crippen LogP contribution in [0.4, 0.5) is 0 Å². The van der Waals surface area contributed by atoms with Gasteiger partial charge in [0.05, 0.1) is 17.5 Å². The van der Waals surface area contributed by atoms with Gasteiger partial charge < -0.3 is 10.6 Å². The van der Waals surface area contributed by atoms with Gasteiger partial charge in [-0.3, -0.25) is 14.3 Å². The molecule has 1 aliphatic heterocycles. The predicted molar refractivity (Wildman–Crippen MR) is 105 cm³/mol. The average Bonchev–Trinajstić information content (AvgIpc) is 3.05. The molecule has 2 aromatic rings. The molecule has 8 heteroatoms. The molecular formula is C19H22Cl2N4O2. The number of hydrogen-bond acceptors (Lipinski definition) is 3. The minimum atomic E-state index is -0.137. The average molecular weight is 409 g/mol. The quantitative estimate of drug-likeness (QED) is 0.771. The molecule has 2 N–H and O–H groups in total. The fraction of sp³-hybridized carbons (Fsp3) is 0.421. The second-order valence-electron chi connectivity index (χ2n) is 6.77. The molecule has 1 aliphatic rings. The van der Waals surface area contributed by atoms with Crippen molar-refractivity contribution < 1.29 is 9.59 Å². The van der Waals surface area contributed by atoms with Crippen molar-refractivity contribution in [2.75, 3.05) is 13.1 Å². The fourth-order valence-corrected chi connectivity index (χ4v) is 3.78. The molecule has 0 saturated carbocycles. The number of aromatic nitrogens is 2. The summed E-state index contributed by atoms with van der Waals surface area (Å²) in [5.74, 6) is 0.145. The molecule has 6 nitrogen and oxygen atoms in total. The molecule has 144 valence electrons. The largest absolute Gasteiger partial charge is 0.356 e. The van der Waals surface area contributed by atoms with Gasteiger partial charge in [-0.05, 0) is 42.9 Å². The summed E-state index contributed by atoms with van der Waals surface area (Å²) in [4.78, 5) is 23.7. The van der Waals surface area contributed by atoms with Gasteiger partial charge in [0.1, 0.15) is 0 Å². The lowest BCUT2D eigenvalue weighted by Gasteiger charge is -2.24. The van der Waals surface area contributed by atoms with Crippen LogP contribution < -0.4 is 10.6 Å². The Kier molecular flexibility index (Phi) is 6.39. The molecule has 0 spiro atoms. The Balaban J connectivity index is 1.58. The van der Waals surface area contributed by atoms with E-state index in [0.717, 1.165) is 30.6 Å². The summed E-state index contributed by atoms with van der Waals surface area (Å²) < 4.78 is 1.88. The number of benzene rings is 1. The topological polar surface area (TPSA) is 76.0 Å². The summed E-state index contributed by atoms with van der Waals surface area (Å²) in [6, 6.07) is 5.35. The standard InChI is InChI=1S/C19H22Cl2N4O2/c1-12(26)23-10-13-5-7-25-18(8-13)16(11-24-25)19(27)22-6-4-14-2-3-15(20)9-17(14)21/h2-3,9,11,13H,4-8,10H2,1H3,(H,22,27)(H,23,26)/t13-/m0/s1. The van der Waals surface area contributed by atoms with Gasteiger partial charge in [-0.15, -0.1) is 0 Å². The van der Waals surface area contributed by atoms with Crippen molar-refractivity contribution in [3.8, 4) is 0 Å². The van der Waals surface area contributed by atoms with E-state index in [-0.39, 0.29) is 11.8 Å². The summed E-state index contributed by atoms with van der Waals surface area (Å²) >= 11 is 12.1. The van der Waals surface area contributed by atoms with Crippen molar-refractivity contribution in [2.45, 2.75) is 32.7 Å². The van der Waals surface area contributed by atoms with E-state index >= 15 is 0 Å². The zero-order chi connectivity index (χ0) is 19.4. The second-order valence-corrected chi connectivity index (χ2v) is 7.61. The van der Waals surface area contributed by atoms with Crippen molar-refractivity contribution in [1.82, 2.24) is 20.4 Å². The van der Waals surface area contributed by atoms with Gasteiger partial charge in [0.25, 0.3) is 5.91 Å². The monoisotopic (exact) mass is 408 g/mol. The van der Waals surface area contributed by atoms with Crippen LogP contribution in [-0.2, 0) is 24.2 Å². The van der Waals surface area contributed by atoms with Crippen LogP contribution in [0.25, 0.3) is 0 Å². The Morgan fingerprint density at radius 3 is 2.85 bits per heavy atom. The highest BCUT2D eigenvalue weighted by Crippen LogP contribution is 2.23. The predicted octanol–water partition coefficient (Wildman–Crippen LogP) is 2.86. The molecule has 1 aromatic carbocycles. The van der Waals surface area contributed by atoms with E-state index < -0.39 is 0 Å². The van der Waals surface area contributed by atoms with E-state index in [0.29, 0.717) is 41.0 Å². The fourth-order valence-electron chi connectivity index (χ4n) is 3.28. The van der Waals surface area contributed by atoms with Crippen molar-refractivity contribution in [3.63, 3.8) is 0 Å². The first kappa shape index (κ1) is 19.7. The Morgan fingerprint density at radius 1 is 1.30 bits per heavy atom. The van der Waals surface area contributed by atoms with Gasteiger partial charge in [0.2, 0.25) is 5.91 Å². The zero-order valence-corrected chi connectivity index (χ0v) is 16.6. The molecule has 1 atom stereocenters. The molecule has 0 unspecified atom stereocenters. The lowest BCUT2D eigenvalue weighted by molar-refractivity contribution is -0.119. The van der Waals surface area contributed by atoms with E-state index in [1.54, 1.807) is 18.3 Å². The van der Waals surface area contributed by atoms with E-state index in [4.69, 9.17) is 23.2 Å². The third kappa shape index (κ3) is 5.02. The number of aryl methyl sites for hydroxylation is 1. The van der Waals surface area contributed by atoms with Crippen molar-refractivity contribution >= 4 is 35.0 Å². The van der Waals surface area contributed by atoms with Crippen LogP contribution >= 0.6 is 23.2 Å². The van der Waals surface area contributed by atoms with Crippen molar-refractivity contribution in [3.05, 3.63) is 51.3 Å². The number of nitrogens with one attached hydrogen (secondary N) is 2. The SMILES string of the molecule is CC(=O)NC[C@H]1CCn2ncc(C(=O)NCCc3ccc(Cl)cc3Cl)c2C1. The zero-order valence-electron chi connectivity index (χ0n) is 15.1. The van der Waals surface area contributed by atoms with Crippen LogP contribution in [0, 0.1) is 5.92 Å². The van der Waals surface area contributed by atoms with Gasteiger partial charge in [0, 0.05) is 36.6 Å². The number of carbonyl (C=O) groups excluding carboxylic acids is 2. The highest BCUT2D eigenvalue weighted by atomic mass is 35.5. The first-order chi connectivity index (χ1) is 12.9. The number of amides is 2. The molecule has 2 amide bonds. The van der Waals surface area contributed by atoms with Crippen molar-refractivity contribution in [1.29, 1.82) is 0 Å². The number of hydrogen-bond donors (Lipinski definition) is 2. The number of rotatable bonds is 6. The summed E-state index contributed by atoms with van der Waals surface area (Å²) in [5.41, 5.74) is 2.47. The van der Waals surface area contributed by atoms with Crippen LogP contribution in [0.3, 0.4) is 0 Å². The molecule has 0 bridgehead atoms. The Bertz CT molecular complexity index is 850. The van der Waals surface area contributed by atoms with Gasteiger partial charge in [-0.1, -0.05) is 29.3 Å². The molecule has 0 saturated heterocycles. The highest BCUT2D eigenvalue weighted by Gasteiger charge is 2.25. The molecule has 0 aliphatic carbocycles. The van der Waals surface area contributed by atoms with Gasteiger partial charge in [0.15, 0.2) is 0 Å². The van der Waals surface area contributed by atoms with Crippen LogP contribution in [0.2, 0.25) is 10.0 Å². The van der Waals surface area contributed by atoms with Crippen LogP contribution in [-0.4, -0.2) is 34.7 Å². The van der Waals surface area contributed by atoms with Crippen LogP contribution in [0.5, 0.6) is 0 Å². The molecule has 1 aromatic heterocycles. The lowest BCUT2D eigenvalue weighted by Crippen LogP contribution is -2.33. The van der Waals surface area contributed by atoms with E-state index in [2.05, 4.69) is 15.7 Å². The number of halogens is 2. The number of nitrogens with zero attached hydrogens (tertiary/aromatic N) is 2. The Hall–Kier alpha value is -2.05. The summed E-state index contributed by atoms with van der Waals surface area (Å²) in [6.07, 6.45) is 3.91. The molecule has 3 rings (SSSR count). The summed E-state index contributed by atoms with van der Waals surface area (Å²) in [7, 11) is 0. The van der Waals surface area contributed by atoms with E-state index in [1.165, 1.54) is 6.92 Å². The maximum absolute atomic E-state index is 12.6. The Labute approximate surface area is 168 Å². The van der Waals surface area contributed by atoms with Gasteiger partial charge in [-0.25, -0.2) is 0 Å². The van der Waals surface area contributed by atoms with Gasteiger partial charge >= 0.3 is 0 Å². The van der Waals surface area contributed by atoms with E-state index in [9.17, 15) is 9.59 Å². The molecule has 2 heterocycles. The number of fused-ring (bicyclic) bond motifs is 1. The third-order valence-electron chi connectivity index (χ3n) is 4.76. The van der Waals surface area contributed by atoms with Crippen molar-refractivity contribution in [2.24, 2.45) is 5.92 Å². The molecule has 27 heavy (non-hydrogen) atoms. The molecule has 0 fully saturated rings. The first-order valence-electron chi connectivity index (χ1n) is 8.95. The van der Waals surface area contributed by atoms with Gasteiger partial charge in [-0.2, -0.15) is 5.10 Å².